The first-order valence-corrected chi connectivity index (χ1v) is 9.28. The highest BCUT2D eigenvalue weighted by Gasteiger charge is 2.11. The summed E-state index contributed by atoms with van der Waals surface area (Å²) in [5.74, 6) is 0.296. The number of hydrogen-bond acceptors (Lipinski definition) is 1. The van der Waals surface area contributed by atoms with Crippen molar-refractivity contribution < 1.29 is 5.11 Å². The van der Waals surface area contributed by atoms with Gasteiger partial charge < -0.3 is 5.11 Å². The maximum absolute atomic E-state index is 9.65. The lowest BCUT2D eigenvalue weighted by Gasteiger charge is -2.16. The van der Waals surface area contributed by atoms with Gasteiger partial charge in [-0.1, -0.05) is 77.5 Å². The Kier molecular flexibility index (Phi) is 5.72. The fourth-order valence-corrected chi connectivity index (χ4v) is 3.35. The summed E-state index contributed by atoms with van der Waals surface area (Å²) in [5.41, 5.74) is 6.32. The molecule has 0 aliphatic rings. The predicted octanol–water partition coefficient (Wildman–Crippen LogP) is 6.72. The Labute approximate surface area is 157 Å². The molecule has 3 aromatic carbocycles. The minimum atomic E-state index is 0.296. The Morgan fingerprint density at radius 3 is 1.96 bits per heavy atom. The molecule has 0 saturated carbocycles. The van der Waals surface area contributed by atoms with Gasteiger partial charge in [-0.25, -0.2) is 0 Å². The second-order valence-corrected chi connectivity index (χ2v) is 6.94. The van der Waals surface area contributed by atoms with Crippen molar-refractivity contribution in [1.29, 1.82) is 0 Å². The summed E-state index contributed by atoms with van der Waals surface area (Å²) >= 11 is 3.50. The van der Waals surface area contributed by atoms with Crippen LogP contribution in [0.3, 0.4) is 0 Å². The van der Waals surface area contributed by atoms with Crippen molar-refractivity contribution in [1.82, 2.24) is 0 Å². The van der Waals surface area contributed by atoms with E-state index in [0.717, 1.165) is 22.9 Å². The second-order valence-electron chi connectivity index (χ2n) is 6.03. The molecule has 0 atom stereocenters. The molecule has 25 heavy (non-hydrogen) atoms. The Morgan fingerprint density at radius 2 is 1.36 bits per heavy atom. The first-order valence-electron chi connectivity index (χ1n) is 8.48. The molecule has 3 rings (SSSR count). The maximum Gasteiger partial charge on any atom is 0.115 e. The molecule has 0 unspecified atom stereocenters. The van der Waals surface area contributed by atoms with Gasteiger partial charge >= 0.3 is 0 Å². The molecular formula is C23H21BrO. The zero-order chi connectivity index (χ0) is 17.6. The minimum absolute atomic E-state index is 0.296. The number of rotatable bonds is 5. The first-order chi connectivity index (χ1) is 12.2. The molecule has 0 aromatic heterocycles. The third-order valence-electron chi connectivity index (χ3n) is 4.35. The molecule has 1 N–H and O–H groups in total. The lowest BCUT2D eigenvalue weighted by Crippen LogP contribution is -1.97. The van der Waals surface area contributed by atoms with Gasteiger partial charge in [-0.05, 0) is 64.9 Å². The molecule has 3 aromatic rings. The Morgan fingerprint density at radius 1 is 0.760 bits per heavy atom. The van der Waals surface area contributed by atoms with Crippen molar-refractivity contribution in [3.63, 3.8) is 0 Å². The normalized spacial score (nSPS) is 11.9. The van der Waals surface area contributed by atoms with Crippen molar-refractivity contribution in [3.05, 3.63) is 100 Å². The number of allylic oxidation sites excluding steroid dienone is 2. The Hall–Kier alpha value is -2.32. The maximum atomic E-state index is 9.65. The standard InChI is InChI=1S/C23H21BrO/c1-2-22(18-6-4-3-5-7-18)23(19-10-14-21(25)15-11-19)16-17-8-12-20(24)13-9-17/h3-15,25H,2,16H2,1H3. The summed E-state index contributed by atoms with van der Waals surface area (Å²) in [7, 11) is 0. The highest BCUT2D eigenvalue weighted by molar-refractivity contribution is 9.10. The predicted molar refractivity (Wildman–Crippen MR) is 109 cm³/mol. The highest BCUT2D eigenvalue weighted by atomic mass is 79.9. The van der Waals surface area contributed by atoms with Crippen molar-refractivity contribution >= 4 is 27.1 Å². The van der Waals surface area contributed by atoms with Crippen LogP contribution >= 0.6 is 15.9 Å². The molecule has 0 bridgehead atoms. The van der Waals surface area contributed by atoms with Crippen LogP contribution in [-0.4, -0.2) is 5.11 Å². The van der Waals surface area contributed by atoms with E-state index in [2.05, 4.69) is 71.4 Å². The van der Waals surface area contributed by atoms with Crippen LogP contribution in [0.5, 0.6) is 5.75 Å². The van der Waals surface area contributed by atoms with Crippen molar-refractivity contribution in [2.45, 2.75) is 19.8 Å². The molecule has 2 heteroatoms. The van der Waals surface area contributed by atoms with Crippen LogP contribution in [0.1, 0.15) is 30.0 Å². The molecule has 0 amide bonds. The SMILES string of the molecule is CCC(=C(Cc1ccc(Br)cc1)c1ccc(O)cc1)c1ccccc1. The second kappa shape index (κ2) is 8.17. The zero-order valence-corrected chi connectivity index (χ0v) is 15.8. The van der Waals surface area contributed by atoms with Crippen LogP contribution in [0.2, 0.25) is 0 Å². The molecule has 126 valence electrons. The summed E-state index contributed by atoms with van der Waals surface area (Å²) in [4.78, 5) is 0. The molecule has 0 radical (unpaired) electrons. The molecule has 0 heterocycles. The minimum Gasteiger partial charge on any atom is -0.508 e. The van der Waals surface area contributed by atoms with Crippen molar-refractivity contribution in [2.75, 3.05) is 0 Å². The molecule has 0 aliphatic heterocycles. The fraction of sp³-hybridized carbons (Fsp3) is 0.130. The van der Waals surface area contributed by atoms with Crippen LogP contribution in [0, 0.1) is 0 Å². The summed E-state index contributed by atoms with van der Waals surface area (Å²) in [6.45, 7) is 2.20. The van der Waals surface area contributed by atoms with E-state index in [0.29, 0.717) is 5.75 Å². The van der Waals surface area contributed by atoms with E-state index < -0.39 is 0 Å². The van der Waals surface area contributed by atoms with Crippen LogP contribution in [0.4, 0.5) is 0 Å². The zero-order valence-electron chi connectivity index (χ0n) is 14.2. The average Bonchev–Trinajstić information content (AvgIpc) is 2.65. The van der Waals surface area contributed by atoms with E-state index in [1.807, 2.05) is 18.2 Å². The van der Waals surface area contributed by atoms with E-state index in [4.69, 9.17) is 0 Å². The van der Waals surface area contributed by atoms with Crippen LogP contribution in [-0.2, 0) is 6.42 Å². The van der Waals surface area contributed by atoms with Crippen LogP contribution in [0.25, 0.3) is 11.1 Å². The molecule has 0 fully saturated rings. The lowest BCUT2D eigenvalue weighted by molar-refractivity contribution is 0.475. The van der Waals surface area contributed by atoms with Gasteiger partial charge in [0.25, 0.3) is 0 Å². The first kappa shape index (κ1) is 17.5. The number of phenols is 1. The number of hydrogen-bond donors (Lipinski definition) is 1. The summed E-state index contributed by atoms with van der Waals surface area (Å²) in [5, 5.41) is 9.65. The summed E-state index contributed by atoms with van der Waals surface area (Å²) in [6.07, 6.45) is 1.81. The van der Waals surface area contributed by atoms with Gasteiger partial charge in [0, 0.05) is 4.47 Å². The number of benzene rings is 3. The van der Waals surface area contributed by atoms with E-state index in [1.165, 1.54) is 22.3 Å². The third kappa shape index (κ3) is 4.40. The fourth-order valence-electron chi connectivity index (χ4n) is 3.08. The van der Waals surface area contributed by atoms with Gasteiger partial charge in [-0.2, -0.15) is 0 Å². The average molecular weight is 393 g/mol. The molecule has 0 spiro atoms. The van der Waals surface area contributed by atoms with Gasteiger partial charge in [0.15, 0.2) is 0 Å². The van der Waals surface area contributed by atoms with Crippen molar-refractivity contribution in [2.24, 2.45) is 0 Å². The summed E-state index contributed by atoms with van der Waals surface area (Å²) in [6, 6.07) is 26.5. The van der Waals surface area contributed by atoms with Gasteiger partial charge in [0.05, 0.1) is 0 Å². The largest absolute Gasteiger partial charge is 0.508 e. The highest BCUT2D eigenvalue weighted by Crippen LogP contribution is 2.32. The number of halogens is 1. The molecular weight excluding hydrogens is 372 g/mol. The number of aromatic hydroxyl groups is 1. The molecule has 1 nitrogen and oxygen atoms in total. The topological polar surface area (TPSA) is 20.2 Å². The van der Waals surface area contributed by atoms with E-state index >= 15 is 0 Å². The summed E-state index contributed by atoms with van der Waals surface area (Å²) < 4.78 is 1.09. The molecule has 0 saturated heterocycles. The lowest BCUT2D eigenvalue weighted by atomic mass is 9.89. The van der Waals surface area contributed by atoms with Gasteiger partial charge in [0.2, 0.25) is 0 Å². The smallest absolute Gasteiger partial charge is 0.115 e. The van der Waals surface area contributed by atoms with E-state index in [-0.39, 0.29) is 0 Å². The van der Waals surface area contributed by atoms with Gasteiger partial charge in [-0.15, -0.1) is 0 Å². The quantitative estimate of drug-likeness (QED) is 0.477. The van der Waals surface area contributed by atoms with Crippen LogP contribution < -0.4 is 0 Å². The van der Waals surface area contributed by atoms with Crippen molar-refractivity contribution in [3.8, 4) is 5.75 Å². The van der Waals surface area contributed by atoms with Gasteiger partial charge in [-0.3, -0.25) is 0 Å². The monoisotopic (exact) mass is 392 g/mol. The number of phenolic OH excluding ortho intramolecular Hbond substituents is 1. The van der Waals surface area contributed by atoms with E-state index in [9.17, 15) is 5.11 Å². The van der Waals surface area contributed by atoms with Gasteiger partial charge in [0.1, 0.15) is 5.75 Å². The van der Waals surface area contributed by atoms with Crippen LogP contribution in [0.15, 0.2) is 83.3 Å². The van der Waals surface area contributed by atoms with E-state index in [1.54, 1.807) is 12.1 Å². The molecule has 0 aliphatic carbocycles. The Balaban J connectivity index is 2.11. The third-order valence-corrected chi connectivity index (χ3v) is 4.88. The Bertz CT molecular complexity index is 847.